The number of halogens is 1. The van der Waals surface area contributed by atoms with E-state index in [4.69, 9.17) is 5.11 Å². The Morgan fingerprint density at radius 1 is 1.48 bits per heavy atom. The van der Waals surface area contributed by atoms with E-state index in [0.717, 1.165) is 41.7 Å². The number of benzene rings is 1. The molecule has 2 N–H and O–H groups in total. The van der Waals surface area contributed by atoms with Gasteiger partial charge in [0.1, 0.15) is 0 Å². The number of nitrogens with one attached hydrogen (secondary N) is 1. The van der Waals surface area contributed by atoms with E-state index in [-0.39, 0.29) is 18.6 Å². The third-order valence-electron chi connectivity index (χ3n) is 4.22. The molecule has 5 heteroatoms. The van der Waals surface area contributed by atoms with Gasteiger partial charge in [-0.25, -0.2) is 0 Å². The van der Waals surface area contributed by atoms with Gasteiger partial charge in [0.25, 0.3) is 0 Å². The Bertz CT molecular complexity index is 499. The lowest BCUT2D eigenvalue weighted by Gasteiger charge is -2.34. The molecular weight excluding hydrogens is 332 g/mol. The molecule has 1 heterocycles. The summed E-state index contributed by atoms with van der Waals surface area (Å²) in [4.78, 5) is 14.6. The highest BCUT2D eigenvalue weighted by Crippen LogP contribution is 2.24. The van der Waals surface area contributed by atoms with Crippen molar-refractivity contribution >= 4 is 27.5 Å². The van der Waals surface area contributed by atoms with Crippen LogP contribution < -0.4 is 5.32 Å². The highest BCUT2D eigenvalue weighted by molar-refractivity contribution is 9.10. The van der Waals surface area contributed by atoms with Crippen LogP contribution in [0.25, 0.3) is 0 Å². The molecule has 1 aliphatic heterocycles. The van der Waals surface area contributed by atoms with Crippen LogP contribution in [0.5, 0.6) is 0 Å². The molecule has 0 aromatic heterocycles. The molecule has 116 valence electrons. The average Bonchev–Trinajstić information content (AvgIpc) is 2.49. The topological polar surface area (TPSA) is 52.6 Å². The molecule has 0 bridgehead atoms. The maximum Gasteiger partial charge on any atom is 0.241 e. The molecule has 1 aromatic carbocycles. The number of hydrogen-bond donors (Lipinski definition) is 2. The molecule has 0 saturated carbocycles. The summed E-state index contributed by atoms with van der Waals surface area (Å²) in [6, 6.07) is 5.74. The molecule has 1 amide bonds. The van der Waals surface area contributed by atoms with Gasteiger partial charge in [0, 0.05) is 11.1 Å². The molecule has 21 heavy (non-hydrogen) atoms. The fraction of sp³-hybridized carbons (Fsp3) is 0.562. The minimum atomic E-state index is -0.155. The lowest BCUT2D eigenvalue weighted by molar-refractivity contribution is -0.121. The van der Waals surface area contributed by atoms with Crippen molar-refractivity contribution in [2.45, 2.75) is 32.7 Å². The summed E-state index contributed by atoms with van der Waals surface area (Å²) in [5.74, 6) is 0.407. The fourth-order valence-corrected chi connectivity index (χ4v) is 3.24. The highest BCUT2D eigenvalue weighted by Gasteiger charge is 2.26. The van der Waals surface area contributed by atoms with E-state index in [1.807, 2.05) is 32.0 Å². The van der Waals surface area contributed by atoms with Crippen LogP contribution in [-0.2, 0) is 4.79 Å². The molecule has 1 fully saturated rings. The third kappa shape index (κ3) is 4.28. The number of aryl methyl sites for hydroxylation is 1. The minimum absolute atomic E-state index is 0.0157. The van der Waals surface area contributed by atoms with E-state index in [1.165, 1.54) is 0 Å². The van der Waals surface area contributed by atoms with Crippen LogP contribution in [0.3, 0.4) is 0 Å². The summed E-state index contributed by atoms with van der Waals surface area (Å²) in [7, 11) is 0. The van der Waals surface area contributed by atoms with Gasteiger partial charge in [-0.05, 0) is 79.3 Å². The maximum absolute atomic E-state index is 12.4. The van der Waals surface area contributed by atoms with Crippen molar-refractivity contribution in [3.8, 4) is 0 Å². The first-order chi connectivity index (χ1) is 10.0. The lowest BCUT2D eigenvalue weighted by Crippen LogP contribution is -2.46. The van der Waals surface area contributed by atoms with Crippen molar-refractivity contribution < 1.29 is 9.90 Å². The molecule has 0 radical (unpaired) electrons. The normalized spacial score (nSPS) is 18.5. The summed E-state index contributed by atoms with van der Waals surface area (Å²) >= 11 is 3.48. The average molecular weight is 355 g/mol. The number of carbonyl (C=O) groups is 1. The molecule has 1 unspecified atom stereocenters. The molecule has 4 nitrogen and oxygen atoms in total. The standard InChI is InChI=1S/C16H23BrN2O2/c1-11-3-4-15(14(17)9-11)18-16(21)12(2)19-7-5-13(10-20)6-8-19/h3-4,9,12-13,20H,5-8,10H2,1-2H3,(H,18,21). The third-order valence-corrected chi connectivity index (χ3v) is 4.87. The summed E-state index contributed by atoms with van der Waals surface area (Å²) < 4.78 is 0.905. The molecule has 1 atom stereocenters. The molecule has 1 aliphatic rings. The second kappa shape index (κ2) is 7.38. The number of carbonyl (C=O) groups excluding carboxylic acids is 1. The number of aliphatic hydroxyl groups excluding tert-OH is 1. The Kier molecular flexibility index (Phi) is 5.79. The first kappa shape index (κ1) is 16.5. The first-order valence-corrected chi connectivity index (χ1v) is 8.22. The Labute approximate surface area is 134 Å². The van der Waals surface area contributed by atoms with Crippen molar-refractivity contribution in [1.82, 2.24) is 4.90 Å². The number of nitrogens with zero attached hydrogens (tertiary/aromatic N) is 1. The van der Waals surface area contributed by atoms with Crippen molar-refractivity contribution in [2.75, 3.05) is 25.0 Å². The van der Waals surface area contributed by atoms with Gasteiger partial charge in [-0.15, -0.1) is 0 Å². The van der Waals surface area contributed by atoms with E-state index in [9.17, 15) is 4.79 Å². The zero-order valence-electron chi connectivity index (χ0n) is 12.6. The van der Waals surface area contributed by atoms with Gasteiger partial charge in [0.05, 0.1) is 11.7 Å². The Morgan fingerprint density at radius 3 is 2.71 bits per heavy atom. The molecule has 1 saturated heterocycles. The van der Waals surface area contributed by atoms with Gasteiger partial charge >= 0.3 is 0 Å². The quantitative estimate of drug-likeness (QED) is 0.873. The van der Waals surface area contributed by atoms with E-state index >= 15 is 0 Å². The summed E-state index contributed by atoms with van der Waals surface area (Å²) in [5, 5.41) is 12.2. The van der Waals surface area contributed by atoms with Crippen LogP contribution in [0, 0.1) is 12.8 Å². The zero-order chi connectivity index (χ0) is 15.4. The van der Waals surface area contributed by atoms with Crippen molar-refractivity contribution in [2.24, 2.45) is 5.92 Å². The van der Waals surface area contributed by atoms with Crippen LogP contribution >= 0.6 is 15.9 Å². The molecule has 2 rings (SSSR count). The number of likely N-dealkylation sites (tertiary alicyclic amines) is 1. The predicted molar refractivity (Wildman–Crippen MR) is 88.4 cm³/mol. The minimum Gasteiger partial charge on any atom is -0.396 e. The molecule has 0 aliphatic carbocycles. The van der Waals surface area contributed by atoms with Gasteiger partial charge in [0.2, 0.25) is 5.91 Å². The van der Waals surface area contributed by atoms with Crippen molar-refractivity contribution in [3.05, 3.63) is 28.2 Å². The van der Waals surface area contributed by atoms with E-state index in [1.54, 1.807) is 0 Å². The van der Waals surface area contributed by atoms with Crippen molar-refractivity contribution in [3.63, 3.8) is 0 Å². The van der Waals surface area contributed by atoms with Crippen LogP contribution in [-0.4, -0.2) is 41.7 Å². The van der Waals surface area contributed by atoms with Gasteiger partial charge in [0.15, 0.2) is 0 Å². The summed E-state index contributed by atoms with van der Waals surface area (Å²) in [5.41, 5.74) is 1.96. The van der Waals surface area contributed by atoms with Crippen LogP contribution in [0.15, 0.2) is 22.7 Å². The van der Waals surface area contributed by atoms with Crippen molar-refractivity contribution in [1.29, 1.82) is 0 Å². The Hall–Kier alpha value is -0.910. The molecule has 0 spiro atoms. The summed E-state index contributed by atoms with van der Waals surface area (Å²) in [6.45, 7) is 5.95. The van der Waals surface area contributed by atoms with Crippen LogP contribution in [0.1, 0.15) is 25.3 Å². The second-order valence-electron chi connectivity index (χ2n) is 5.81. The fourth-order valence-electron chi connectivity index (χ4n) is 2.65. The second-order valence-corrected chi connectivity index (χ2v) is 6.66. The maximum atomic E-state index is 12.4. The number of hydrogen-bond acceptors (Lipinski definition) is 3. The number of piperidine rings is 1. The largest absolute Gasteiger partial charge is 0.396 e. The van der Waals surface area contributed by atoms with Gasteiger partial charge in [-0.3, -0.25) is 9.69 Å². The molecule has 1 aromatic rings. The van der Waals surface area contributed by atoms with Gasteiger partial charge in [-0.2, -0.15) is 0 Å². The first-order valence-electron chi connectivity index (χ1n) is 7.43. The number of anilines is 1. The Morgan fingerprint density at radius 2 is 2.14 bits per heavy atom. The smallest absolute Gasteiger partial charge is 0.241 e. The summed E-state index contributed by atoms with van der Waals surface area (Å²) in [6.07, 6.45) is 1.92. The lowest BCUT2D eigenvalue weighted by atomic mass is 9.97. The number of aliphatic hydroxyl groups is 1. The number of rotatable bonds is 4. The predicted octanol–water partition coefficient (Wildman–Crippen LogP) is 2.79. The molecular formula is C16H23BrN2O2. The van der Waals surface area contributed by atoms with E-state index in [2.05, 4.69) is 26.1 Å². The van der Waals surface area contributed by atoms with E-state index in [0.29, 0.717) is 5.92 Å². The number of amides is 1. The monoisotopic (exact) mass is 354 g/mol. The highest BCUT2D eigenvalue weighted by atomic mass is 79.9. The SMILES string of the molecule is Cc1ccc(NC(=O)C(C)N2CCC(CO)CC2)c(Br)c1. The van der Waals surface area contributed by atoms with Crippen LogP contribution in [0.2, 0.25) is 0 Å². The van der Waals surface area contributed by atoms with E-state index < -0.39 is 0 Å². The van der Waals surface area contributed by atoms with Crippen LogP contribution in [0.4, 0.5) is 5.69 Å². The zero-order valence-corrected chi connectivity index (χ0v) is 14.2. The van der Waals surface area contributed by atoms with Gasteiger partial charge in [-0.1, -0.05) is 6.07 Å². The Balaban J connectivity index is 1.93. The van der Waals surface area contributed by atoms with Gasteiger partial charge < -0.3 is 10.4 Å².